The van der Waals surface area contributed by atoms with Gasteiger partial charge in [0.25, 0.3) is 0 Å². The van der Waals surface area contributed by atoms with E-state index in [2.05, 4.69) is 14.9 Å². The van der Waals surface area contributed by atoms with Crippen LogP contribution in [0.2, 0.25) is 0 Å². The van der Waals surface area contributed by atoms with E-state index in [4.69, 9.17) is 0 Å². The summed E-state index contributed by atoms with van der Waals surface area (Å²) in [5.74, 6) is 0. The van der Waals surface area contributed by atoms with Crippen LogP contribution in [-0.4, -0.2) is 46.5 Å². The zero-order chi connectivity index (χ0) is 14.4. The second-order valence-electron chi connectivity index (χ2n) is 5.06. The Bertz CT molecular complexity index is 508. The minimum atomic E-state index is -3.34. The number of nitrogens with one attached hydrogen (secondary N) is 2. The molecule has 20 heavy (non-hydrogen) atoms. The predicted octanol–water partition coefficient (Wildman–Crippen LogP) is 1.49. The van der Waals surface area contributed by atoms with Gasteiger partial charge in [-0.15, -0.1) is 0 Å². The molecule has 0 spiro atoms. The van der Waals surface area contributed by atoms with Crippen molar-refractivity contribution in [3.8, 4) is 0 Å². The molecule has 0 radical (unpaired) electrons. The Morgan fingerprint density at radius 3 is 2.35 bits per heavy atom. The van der Waals surface area contributed by atoms with Gasteiger partial charge in [-0.1, -0.05) is 6.42 Å². The molecule has 1 aliphatic rings. The van der Waals surface area contributed by atoms with Crippen LogP contribution in [0, 0.1) is 0 Å². The van der Waals surface area contributed by atoms with E-state index in [1.807, 2.05) is 0 Å². The average Bonchev–Trinajstić information content (AvgIpc) is 2.49. The third kappa shape index (κ3) is 4.19. The topological polar surface area (TPSA) is 61.4 Å². The van der Waals surface area contributed by atoms with Crippen LogP contribution in [-0.2, 0) is 10.0 Å². The first-order valence-electron chi connectivity index (χ1n) is 7.12. The second kappa shape index (κ2) is 7.06. The van der Waals surface area contributed by atoms with Crippen LogP contribution in [0.5, 0.6) is 0 Å². The number of sulfonamides is 1. The van der Waals surface area contributed by atoms with Crippen LogP contribution in [0.3, 0.4) is 0 Å². The molecule has 1 saturated heterocycles. The normalized spacial score (nSPS) is 17.1. The molecule has 0 atom stereocenters. The Morgan fingerprint density at radius 2 is 1.75 bits per heavy atom. The highest BCUT2D eigenvalue weighted by molar-refractivity contribution is 7.89. The molecule has 0 amide bonds. The van der Waals surface area contributed by atoms with Gasteiger partial charge in [0.2, 0.25) is 10.0 Å². The van der Waals surface area contributed by atoms with Gasteiger partial charge >= 0.3 is 0 Å². The fourth-order valence-electron chi connectivity index (χ4n) is 2.41. The standard InChI is InChI=1S/C14H23N3O2S/c1-15-20(18,19)14-7-5-13(6-8-14)16-9-12-17-10-3-2-4-11-17/h5-8,15-16H,2-4,9-12H2,1H3. The number of anilines is 1. The molecule has 112 valence electrons. The van der Waals surface area contributed by atoms with Gasteiger partial charge in [-0.25, -0.2) is 13.1 Å². The molecule has 0 aromatic heterocycles. The molecule has 0 unspecified atom stereocenters. The second-order valence-corrected chi connectivity index (χ2v) is 6.95. The maximum Gasteiger partial charge on any atom is 0.240 e. The molecule has 1 aliphatic heterocycles. The predicted molar refractivity (Wildman–Crippen MR) is 81.5 cm³/mol. The Hall–Kier alpha value is -1.11. The number of nitrogens with zero attached hydrogens (tertiary/aromatic N) is 1. The van der Waals surface area contributed by atoms with Gasteiger partial charge < -0.3 is 10.2 Å². The van der Waals surface area contributed by atoms with Gasteiger partial charge in [0.05, 0.1) is 4.90 Å². The lowest BCUT2D eigenvalue weighted by atomic mass is 10.1. The van der Waals surface area contributed by atoms with Crippen LogP contribution < -0.4 is 10.0 Å². The van der Waals surface area contributed by atoms with Crippen molar-refractivity contribution in [2.24, 2.45) is 0 Å². The molecular formula is C14H23N3O2S. The molecule has 2 rings (SSSR count). The highest BCUT2D eigenvalue weighted by Crippen LogP contribution is 2.14. The van der Waals surface area contributed by atoms with Crippen molar-refractivity contribution in [2.45, 2.75) is 24.2 Å². The zero-order valence-corrected chi connectivity index (χ0v) is 12.7. The molecule has 6 heteroatoms. The molecule has 0 aliphatic carbocycles. The van der Waals surface area contributed by atoms with E-state index in [9.17, 15) is 8.42 Å². The van der Waals surface area contributed by atoms with E-state index < -0.39 is 10.0 Å². The Morgan fingerprint density at radius 1 is 1.10 bits per heavy atom. The summed E-state index contributed by atoms with van der Waals surface area (Å²) in [6.07, 6.45) is 3.96. The van der Waals surface area contributed by atoms with Crippen molar-refractivity contribution in [3.63, 3.8) is 0 Å². The van der Waals surface area contributed by atoms with Gasteiger partial charge in [-0.2, -0.15) is 0 Å². The third-order valence-electron chi connectivity index (χ3n) is 3.64. The van der Waals surface area contributed by atoms with Gasteiger partial charge in [-0.3, -0.25) is 0 Å². The number of hydrogen-bond acceptors (Lipinski definition) is 4. The fraction of sp³-hybridized carbons (Fsp3) is 0.571. The van der Waals surface area contributed by atoms with Crippen molar-refractivity contribution < 1.29 is 8.42 Å². The van der Waals surface area contributed by atoms with E-state index in [0.29, 0.717) is 4.90 Å². The summed E-state index contributed by atoms with van der Waals surface area (Å²) in [5, 5.41) is 3.33. The first kappa shape index (κ1) is 15.3. The smallest absolute Gasteiger partial charge is 0.240 e. The average molecular weight is 297 g/mol. The summed E-state index contributed by atoms with van der Waals surface area (Å²) in [6.45, 7) is 4.32. The molecule has 1 heterocycles. The minimum absolute atomic E-state index is 0.293. The maximum atomic E-state index is 11.6. The van der Waals surface area contributed by atoms with Gasteiger partial charge in [0.15, 0.2) is 0 Å². The summed E-state index contributed by atoms with van der Waals surface area (Å²) < 4.78 is 25.5. The quantitative estimate of drug-likeness (QED) is 0.835. The fourth-order valence-corrected chi connectivity index (χ4v) is 3.14. The number of rotatable bonds is 6. The van der Waals surface area contributed by atoms with Crippen molar-refractivity contribution in [1.82, 2.24) is 9.62 Å². The van der Waals surface area contributed by atoms with Crippen molar-refractivity contribution in [3.05, 3.63) is 24.3 Å². The first-order valence-corrected chi connectivity index (χ1v) is 8.60. The summed E-state index contributed by atoms with van der Waals surface area (Å²) >= 11 is 0. The molecule has 1 fully saturated rings. The molecule has 1 aromatic carbocycles. The first-order chi connectivity index (χ1) is 9.62. The van der Waals surface area contributed by atoms with Crippen molar-refractivity contribution >= 4 is 15.7 Å². The zero-order valence-electron chi connectivity index (χ0n) is 11.9. The molecule has 2 N–H and O–H groups in total. The van der Waals surface area contributed by atoms with Gasteiger partial charge in [0.1, 0.15) is 0 Å². The van der Waals surface area contributed by atoms with E-state index in [1.165, 1.54) is 39.4 Å². The number of likely N-dealkylation sites (tertiary alicyclic amines) is 1. The van der Waals surface area contributed by atoms with Crippen LogP contribution in [0.15, 0.2) is 29.2 Å². The van der Waals surface area contributed by atoms with Crippen molar-refractivity contribution in [1.29, 1.82) is 0 Å². The Kier molecular flexibility index (Phi) is 5.39. The summed E-state index contributed by atoms with van der Waals surface area (Å²) in [5.41, 5.74) is 0.956. The molecule has 0 saturated carbocycles. The van der Waals surface area contributed by atoms with Crippen LogP contribution in [0.25, 0.3) is 0 Å². The number of piperidine rings is 1. The molecular weight excluding hydrogens is 274 g/mol. The maximum absolute atomic E-state index is 11.6. The van der Waals surface area contributed by atoms with Crippen molar-refractivity contribution in [2.75, 3.05) is 38.5 Å². The van der Waals surface area contributed by atoms with Crippen LogP contribution in [0.1, 0.15) is 19.3 Å². The lowest BCUT2D eigenvalue weighted by Crippen LogP contribution is -2.33. The van der Waals surface area contributed by atoms with Crippen LogP contribution >= 0.6 is 0 Å². The highest BCUT2D eigenvalue weighted by atomic mass is 32.2. The molecule has 1 aromatic rings. The molecule has 5 nitrogen and oxygen atoms in total. The summed E-state index contributed by atoms with van der Waals surface area (Å²) in [4.78, 5) is 2.76. The largest absolute Gasteiger partial charge is 0.384 e. The van der Waals surface area contributed by atoms with E-state index in [-0.39, 0.29) is 0 Å². The Balaban J connectivity index is 1.82. The van der Waals surface area contributed by atoms with Gasteiger partial charge in [-0.05, 0) is 57.2 Å². The Labute approximate surface area is 121 Å². The van der Waals surface area contributed by atoms with E-state index >= 15 is 0 Å². The van der Waals surface area contributed by atoms with E-state index in [0.717, 1.165) is 18.8 Å². The minimum Gasteiger partial charge on any atom is -0.384 e. The number of benzene rings is 1. The lowest BCUT2D eigenvalue weighted by Gasteiger charge is -2.26. The monoisotopic (exact) mass is 297 g/mol. The third-order valence-corrected chi connectivity index (χ3v) is 5.07. The summed E-state index contributed by atoms with van der Waals surface area (Å²) in [7, 11) is -1.92. The number of hydrogen-bond donors (Lipinski definition) is 2. The van der Waals surface area contributed by atoms with E-state index in [1.54, 1.807) is 24.3 Å². The highest BCUT2D eigenvalue weighted by Gasteiger charge is 2.11. The summed E-state index contributed by atoms with van der Waals surface area (Å²) in [6, 6.07) is 6.85. The molecule has 0 bridgehead atoms. The van der Waals surface area contributed by atoms with Crippen LogP contribution in [0.4, 0.5) is 5.69 Å². The lowest BCUT2D eigenvalue weighted by molar-refractivity contribution is 0.237. The SMILES string of the molecule is CNS(=O)(=O)c1ccc(NCCN2CCCCC2)cc1. The van der Waals surface area contributed by atoms with Gasteiger partial charge in [0, 0.05) is 18.8 Å².